The van der Waals surface area contributed by atoms with Gasteiger partial charge < -0.3 is 15.2 Å². The first-order valence-corrected chi connectivity index (χ1v) is 8.47. The third kappa shape index (κ3) is 5.04. The highest BCUT2D eigenvalue weighted by Gasteiger charge is 2.17. The largest absolute Gasteiger partial charge is 0.496 e. The Kier molecular flexibility index (Phi) is 6.54. The topological polar surface area (TPSA) is 116 Å². The van der Waals surface area contributed by atoms with Crippen LogP contribution in [0.4, 0.5) is 10.8 Å². The van der Waals surface area contributed by atoms with Crippen molar-refractivity contribution in [3.63, 3.8) is 0 Å². The molecule has 8 nitrogen and oxygen atoms in total. The summed E-state index contributed by atoms with van der Waals surface area (Å²) in [5, 5.41) is 11.9. The fourth-order valence-corrected chi connectivity index (χ4v) is 2.91. The molecular weight excluding hydrogens is 368 g/mol. The van der Waals surface area contributed by atoms with Crippen molar-refractivity contribution in [3.05, 3.63) is 27.7 Å². The zero-order valence-electron chi connectivity index (χ0n) is 13.7. The van der Waals surface area contributed by atoms with Crippen molar-refractivity contribution in [1.82, 2.24) is 10.2 Å². The number of nitrogens with zero attached hydrogens (tertiary/aromatic N) is 2. The number of amides is 1. The lowest BCUT2D eigenvalue weighted by atomic mass is 10.1. The lowest BCUT2D eigenvalue weighted by Gasteiger charge is -2.09. The summed E-state index contributed by atoms with van der Waals surface area (Å²) < 4.78 is 9.73. The molecule has 2 rings (SSSR count). The molecule has 0 bridgehead atoms. The number of ether oxygens (including phenoxy) is 2. The number of carbonyl (C=O) groups is 2. The van der Waals surface area contributed by atoms with Gasteiger partial charge in [0.15, 0.2) is 0 Å². The molecule has 1 heterocycles. The zero-order chi connectivity index (χ0) is 18.4. The Morgan fingerprint density at radius 3 is 2.76 bits per heavy atom. The van der Waals surface area contributed by atoms with Gasteiger partial charge in [-0.2, -0.15) is 0 Å². The van der Waals surface area contributed by atoms with E-state index in [1.807, 2.05) is 0 Å². The first-order chi connectivity index (χ1) is 11.9. The molecule has 1 amide bonds. The summed E-state index contributed by atoms with van der Waals surface area (Å²) in [5.74, 6) is -0.399. The molecule has 1 aromatic heterocycles. The molecule has 1 aromatic carbocycles. The minimum Gasteiger partial charge on any atom is -0.496 e. The van der Waals surface area contributed by atoms with E-state index in [0.717, 1.165) is 0 Å². The highest BCUT2D eigenvalue weighted by molar-refractivity contribution is 7.15. The highest BCUT2D eigenvalue weighted by atomic mass is 35.5. The van der Waals surface area contributed by atoms with E-state index in [2.05, 4.69) is 20.3 Å². The van der Waals surface area contributed by atoms with Gasteiger partial charge in [-0.25, -0.2) is 0 Å². The number of hydrogen-bond donors (Lipinski definition) is 2. The number of benzene rings is 1. The summed E-state index contributed by atoms with van der Waals surface area (Å²) in [6, 6.07) is 2.92. The smallest absolute Gasteiger partial charge is 0.305 e. The number of nitrogen functional groups attached to an aromatic ring is 1. The molecule has 0 unspecified atom stereocenters. The van der Waals surface area contributed by atoms with Crippen LogP contribution in [-0.4, -0.2) is 36.3 Å². The van der Waals surface area contributed by atoms with Crippen LogP contribution < -0.4 is 15.8 Å². The summed E-state index contributed by atoms with van der Waals surface area (Å²) in [7, 11) is 2.78. The molecule has 0 aliphatic rings. The average Bonchev–Trinajstić information content (AvgIpc) is 3.03. The Morgan fingerprint density at radius 2 is 2.08 bits per heavy atom. The molecule has 0 aliphatic carbocycles. The number of halogens is 1. The number of methoxy groups -OCH3 is 2. The van der Waals surface area contributed by atoms with Crippen molar-refractivity contribution in [2.45, 2.75) is 19.3 Å². The molecular formula is C15H17ClN4O4S. The van der Waals surface area contributed by atoms with Gasteiger partial charge in [0.25, 0.3) is 5.91 Å². The van der Waals surface area contributed by atoms with Crippen LogP contribution in [0.2, 0.25) is 5.02 Å². The fourth-order valence-electron chi connectivity index (χ4n) is 1.97. The van der Waals surface area contributed by atoms with E-state index < -0.39 is 5.91 Å². The normalized spacial score (nSPS) is 10.4. The minimum atomic E-state index is -0.434. The van der Waals surface area contributed by atoms with E-state index in [-0.39, 0.29) is 16.6 Å². The second-order valence-electron chi connectivity index (χ2n) is 4.96. The number of esters is 1. The van der Waals surface area contributed by atoms with Gasteiger partial charge in [0.2, 0.25) is 5.13 Å². The minimum absolute atomic E-state index is 0.240. The molecule has 0 aliphatic heterocycles. The van der Waals surface area contributed by atoms with Crippen LogP contribution in [-0.2, 0) is 16.0 Å². The lowest BCUT2D eigenvalue weighted by Crippen LogP contribution is -2.13. The Morgan fingerprint density at radius 1 is 1.32 bits per heavy atom. The quantitative estimate of drug-likeness (QED) is 0.556. The number of carbonyl (C=O) groups excluding carboxylic acids is 2. The lowest BCUT2D eigenvalue weighted by molar-refractivity contribution is -0.140. The molecule has 134 valence electrons. The third-order valence-electron chi connectivity index (χ3n) is 3.25. The maximum Gasteiger partial charge on any atom is 0.305 e. The number of nitrogens with one attached hydrogen (secondary N) is 1. The second-order valence-corrected chi connectivity index (χ2v) is 6.43. The van der Waals surface area contributed by atoms with Gasteiger partial charge in [-0.15, -0.1) is 10.2 Å². The van der Waals surface area contributed by atoms with Gasteiger partial charge in [0.05, 0.1) is 30.5 Å². The van der Waals surface area contributed by atoms with Crippen LogP contribution in [0.3, 0.4) is 0 Å². The van der Waals surface area contributed by atoms with Crippen LogP contribution in [0.5, 0.6) is 5.75 Å². The molecule has 25 heavy (non-hydrogen) atoms. The van der Waals surface area contributed by atoms with Crippen molar-refractivity contribution in [2.24, 2.45) is 0 Å². The van der Waals surface area contributed by atoms with Crippen molar-refractivity contribution in [2.75, 3.05) is 25.3 Å². The van der Waals surface area contributed by atoms with Crippen LogP contribution in [0.25, 0.3) is 0 Å². The molecule has 0 saturated heterocycles. The van der Waals surface area contributed by atoms with Crippen LogP contribution >= 0.6 is 22.9 Å². The predicted octanol–water partition coefficient (Wildman–Crippen LogP) is 2.53. The number of rotatable bonds is 7. The van der Waals surface area contributed by atoms with Gasteiger partial charge in [0, 0.05) is 18.9 Å². The number of aryl methyl sites for hydroxylation is 1. The fraction of sp³-hybridized carbons (Fsp3) is 0.333. The van der Waals surface area contributed by atoms with Gasteiger partial charge in [-0.05, 0) is 12.5 Å². The number of hydrogen-bond acceptors (Lipinski definition) is 8. The molecule has 0 atom stereocenters. The summed E-state index contributed by atoms with van der Waals surface area (Å²) >= 11 is 7.20. The van der Waals surface area contributed by atoms with E-state index in [4.69, 9.17) is 22.1 Å². The number of nitrogens with two attached hydrogens (primary N) is 1. The monoisotopic (exact) mass is 384 g/mol. The number of aromatic nitrogens is 2. The van der Waals surface area contributed by atoms with Gasteiger partial charge >= 0.3 is 5.97 Å². The van der Waals surface area contributed by atoms with Crippen LogP contribution in [0.15, 0.2) is 12.1 Å². The Labute approximate surface area is 153 Å². The maximum atomic E-state index is 12.4. The third-order valence-corrected chi connectivity index (χ3v) is 4.48. The maximum absolute atomic E-state index is 12.4. The molecule has 3 N–H and O–H groups in total. The van der Waals surface area contributed by atoms with Crippen LogP contribution in [0.1, 0.15) is 28.2 Å². The average molecular weight is 385 g/mol. The standard InChI is InChI=1S/C15H17ClN4O4S/c1-23-11-7-10(17)9(16)6-8(11)14(22)18-15-20-19-12(25-15)4-3-5-13(21)24-2/h6-7H,3-5,17H2,1-2H3,(H,18,20,22). The molecule has 0 saturated carbocycles. The van der Waals surface area contributed by atoms with Crippen molar-refractivity contribution in [1.29, 1.82) is 0 Å². The van der Waals surface area contributed by atoms with Gasteiger partial charge in [-0.1, -0.05) is 22.9 Å². The molecule has 0 fully saturated rings. The summed E-state index contributed by atoms with van der Waals surface area (Å²) in [6.45, 7) is 0. The first kappa shape index (κ1) is 18.9. The van der Waals surface area contributed by atoms with Crippen molar-refractivity contribution >= 4 is 45.6 Å². The molecule has 0 radical (unpaired) electrons. The molecule has 10 heteroatoms. The Balaban J connectivity index is 2.02. The van der Waals surface area contributed by atoms with E-state index >= 15 is 0 Å². The van der Waals surface area contributed by atoms with E-state index in [1.165, 1.54) is 37.7 Å². The SMILES string of the molecule is COC(=O)CCCc1nnc(NC(=O)c2cc(Cl)c(N)cc2OC)s1. The van der Waals surface area contributed by atoms with E-state index in [0.29, 0.717) is 40.8 Å². The van der Waals surface area contributed by atoms with Crippen molar-refractivity contribution in [3.8, 4) is 5.75 Å². The Bertz CT molecular complexity index is 781. The van der Waals surface area contributed by atoms with Gasteiger partial charge in [-0.3, -0.25) is 14.9 Å². The number of anilines is 2. The van der Waals surface area contributed by atoms with E-state index in [1.54, 1.807) is 0 Å². The van der Waals surface area contributed by atoms with Crippen molar-refractivity contribution < 1.29 is 19.1 Å². The predicted molar refractivity (Wildman–Crippen MR) is 95.2 cm³/mol. The summed E-state index contributed by atoms with van der Waals surface area (Å²) in [6.07, 6.45) is 1.47. The zero-order valence-corrected chi connectivity index (χ0v) is 15.2. The molecule has 2 aromatic rings. The first-order valence-electron chi connectivity index (χ1n) is 7.28. The highest BCUT2D eigenvalue weighted by Crippen LogP contribution is 2.29. The van der Waals surface area contributed by atoms with E-state index in [9.17, 15) is 9.59 Å². The summed E-state index contributed by atoms with van der Waals surface area (Å²) in [4.78, 5) is 23.5. The van der Waals surface area contributed by atoms with Gasteiger partial charge in [0.1, 0.15) is 10.8 Å². The second kappa shape index (κ2) is 8.63. The van der Waals surface area contributed by atoms with Crippen LogP contribution in [0, 0.1) is 0 Å². The Hall–Kier alpha value is -2.39. The summed E-state index contributed by atoms with van der Waals surface area (Å²) in [5.41, 5.74) is 6.26. The molecule has 0 spiro atoms.